The number of carbonyl (C=O) groups excluding carboxylic acids is 1. The van der Waals surface area contributed by atoms with Crippen LogP contribution in [0.4, 0.5) is 5.69 Å². The first-order valence-electron chi connectivity index (χ1n) is 8.09. The van der Waals surface area contributed by atoms with Crippen molar-refractivity contribution in [2.24, 2.45) is 0 Å². The quantitative estimate of drug-likeness (QED) is 0.922. The molecular weight excluding hydrogens is 292 g/mol. The number of nitrogens with one attached hydrogen (secondary N) is 1. The van der Waals surface area contributed by atoms with E-state index in [1.54, 1.807) is 0 Å². The van der Waals surface area contributed by atoms with Crippen LogP contribution in [0.3, 0.4) is 0 Å². The highest BCUT2D eigenvalue weighted by atomic mass is 16.2. The second-order valence-electron chi connectivity index (χ2n) is 6.45. The molecule has 1 amide bonds. The van der Waals surface area contributed by atoms with Crippen LogP contribution < -0.4 is 4.90 Å². The number of tetrazole rings is 1. The molecule has 2 aliphatic heterocycles. The lowest BCUT2D eigenvalue weighted by Gasteiger charge is -2.27. The molecule has 1 N–H and O–H groups in total. The molecular formula is C16H20N6O. The number of hydrogen-bond donors (Lipinski definition) is 1. The van der Waals surface area contributed by atoms with E-state index in [9.17, 15) is 4.79 Å². The van der Waals surface area contributed by atoms with Gasteiger partial charge in [0.05, 0.1) is 0 Å². The fourth-order valence-corrected chi connectivity index (χ4v) is 3.64. The predicted molar refractivity (Wildman–Crippen MR) is 85.9 cm³/mol. The predicted octanol–water partition coefficient (Wildman–Crippen LogP) is 1.24. The summed E-state index contributed by atoms with van der Waals surface area (Å²) in [5, 5.41) is 14.2. The van der Waals surface area contributed by atoms with Crippen LogP contribution in [0.15, 0.2) is 18.2 Å². The molecule has 1 fully saturated rings. The summed E-state index contributed by atoms with van der Waals surface area (Å²) in [6, 6.07) is 6.43. The molecule has 7 nitrogen and oxygen atoms in total. The lowest BCUT2D eigenvalue weighted by Crippen LogP contribution is -2.43. The van der Waals surface area contributed by atoms with Crippen molar-refractivity contribution >= 4 is 11.6 Å². The maximum atomic E-state index is 12.7. The van der Waals surface area contributed by atoms with Gasteiger partial charge < -0.3 is 9.80 Å². The van der Waals surface area contributed by atoms with Gasteiger partial charge >= 0.3 is 0 Å². The molecule has 4 rings (SSSR count). The summed E-state index contributed by atoms with van der Waals surface area (Å²) in [5.41, 5.74) is 3.35. The van der Waals surface area contributed by atoms with Gasteiger partial charge in [-0.05, 0) is 43.5 Å². The molecule has 0 spiro atoms. The first-order valence-corrected chi connectivity index (χ1v) is 8.09. The number of H-pyrrole nitrogens is 1. The number of aromatic nitrogens is 4. The number of likely N-dealkylation sites (tertiary alicyclic amines) is 1. The summed E-state index contributed by atoms with van der Waals surface area (Å²) < 4.78 is 0. The second-order valence-corrected chi connectivity index (χ2v) is 6.45. The van der Waals surface area contributed by atoms with Gasteiger partial charge in [-0.25, -0.2) is 0 Å². The van der Waals surface area contributed by atoms with E-state index < -0.39 is 0 Å². The Labute approximate surface area is 134 Å². The summed E-state index contributed by atoms with van der Waals surface area (Å²) in [7, 11) is 0. The van der Waals surface area contributed by atoms with Crippen LogP contribution in [0, 0.1) is 0 Å². The van der Waals surface area contributed by atoms with Crippen molar-refractivity contribution in [1.82, 2.24) is 25.5 Å². The Morgan fingerprint density at radius 1 is 1.30 bits per heavy atom. The first kappa shape index (κ1) is 14.2. The highest BCUT2D eigenvalue weighted by Crippen LogP contribution is 2.35. The van der Waals surface area contributed by atoms with Crippen molar-refractivity contribution in [2.45, 2.75) is 38.8 Å². The normalized spacial score (nSPS) is 20.7. The Hall–Kier alpha value is -2.44. The minimum absolute atomic E-state index is 0.0424. The average molecular weight is 312 g/mol. The Morgan fingerprint density at radius 3 is 2.87 bits per heavy atom. The minimum Gasteiger partial charge on any atom is -0.359 e. The van der Waals surface area contributed by atoms with E-state index in [2.05, 4.69) is 51.5 Å². The second kappa shape index (κ2) is 5.33. The zero-order chi connectivity index (χ0) is 16.0. The highest BCUT2D eigenvalue weighted by Gasteiger charge is 2.39. The third-order valence-electron chi connectivity index (χ3n) is 4.83. The maximum Gasteiger partial charge on any atom is 0.245 e. The fraction of sp³-hybridized carbons (Fsp3) is 0.500. The number of nitrogens with zero attached hydrogens (tertiary/aromatic N) is 5. The molecule has 1 saturated heterocycles. The largest absolute Gasteiger partial charge is 0.359 e. The molecule has 0 radical (unpaired) electrons. The van der Waals surface area contributed by atoms with Crippen LogP contribution >= 0.6 is 0 Å². The van der Waals surface area contributed by atoms with Gasteiger partial charge in [-0.2, -0.15) is 5.21 Å². The number of amides is 1. The monoisotopic (exact) mass is 312 g/mol. The van der Waals surface area contributed by atoms with Gasteiger partial charge in [-0.1, -0.05) is 12.1 Å². The van der Waals surface area contributed by atoms with Crippen LogP contribution in [-0.2, 0) is 11.2 Å². The first-order chi connectivity index (χ1) is 11.1. The molecule has 0 aliphatic carbocycles. The van der Waals surface area contributed by atoms with Crippen molar-refractivity contribution in [3.05, 3.63) is 23.8 Å². The van der Waals surface area contributed by atoms with E-state index in [0.29, 0.717) is 5.82 Å². The standard InChI is InChI=1S/C16H20N6O/c1-10(2)21-8-6-13(16(21)23)22-7-5-11-3-4-12(9-14(11)22)15-17-19-20-18-15/h3-4,9-10,13H,5-8H2,1-2H3,(H,17,18,19,20). The number of carbonyl (C=O) groups is 1. The Bertz CT molecular complexity index is 726. The summed E-state index contributed by atoms with van der Waals surface area (Å²) in [6.07, 6.45) is 1.87. The van der Waals surface area contributed by atoms with Crippen molar-refractivity contribution in [2.75, 3.05) is 18.0 Å². The Kier molecular flexibility index (Phi) is 3.28. The molecule has 1 atom stereocenters. The van der Waals surface area contributed by atoms with Crippen molar-refractivity contribution in [1.29, 1.82) is 0 Å². The third-order valence-corrected chi connectivity index (χ3v) is 4.83. The molecule has 1 aromatic carbocycles. The molecule has 1 aromatic heterocycles. The van der Waals surface area contributed by atoms with E-state index in [1.807, 2.05) is 11.0 Å². The summed E-state index contributed by atoms with van der Waals surface area (Å²) >= 11 is 0. The molecule has 0 saturated carbocycles. The molecule has 120 valence electrons. The van der Waals surface area contributed by atoms with Crippen LogP contribution in [0.1, 0.15) is 25.8 Å². The van der Waals surface area contributed by atoms with Crippen molar-refractivity contribution in [3.63, 3.8) is 0 Å². The number of rotatable bonds is 3. The summed E-state index contributed by atoms with van der Waals surface area (Å²) in [5.74, 6) is 0.832. The van der Waals surface area contributed by atoms with Crippen LogP contribution in [0.5, 0.6) is 0 Å². The van der Waals surface area contributed by atoms with E-state index in [-0.39, 0.29) is 18.0 Å². The highest BCUT2D eigenvalue weighted by molar-refractivity contribution is 5.88. The molecule has 2 aromatic rings. The fourth-order valence-electron chi connectivity index (χ4n) is 3.64. The van der Waals surface area contributed by atoms with Crippen LogP contribution in [0.25, 0.3) is 11.4 Å². The van der Waals surface area contributed by atoms with Crippen LogP contribution in [0.2, 0.25) is 0 Å². The third kappa shape index (κ3) is 2.27. The number of aromatic amines is 1. The van der Waals surface area contributed by atoms with Gasteiger partial charge in [0.2, 0.25) is 11.7 Å². The van der Waals surface area contributed by atoms with Crippen molar-refractivity contribution < 1.29 is 4.79 Å². The molecule has 2 aliphatic rings. The van der Waals surface area contributed by atoms with Crippen LogP contribution in [-0.4, -0.2) is 56.6 Å². The molecule has 3 heterocycles. The number of benzene rings is 1. The Morgan fingerprint density at radius 2 is 2.17 bits per heavy atom. The summed E-state index contributed by atoms with van der Waals surface area (Å²) in [6.45, 7) is 5.89. The SMILES string of the molecule is CC(C)N1CCC(N2CCc3ccc(-c4nn[nH]n4)cc32)C1=O. The van der Waals surface area contributed by atoms with E-state index in [0.717, 1.165) is 37.2 Å². The van der Waals surface area contributed by atoms with Gasteiger partial charge in [0, 0.05) is 30.4 Å². The average Bonchev–Trinajstić information content (AvgIpc) is 3.25. The van der Waals surface area contributed by atoms with Gasteiger partial charge in [0.15, 0.2) is 0 Å². The lowest BCUT2D eigenvalue weighted by molar-refractivity contribution is -0.130. The Balaban J connectivity index is 1.65. The van der Waals surface area contributed by atoms with Gasteiger partial charge in [-0.3, -0.25) is 4.79 Å². The van der Waals surface area contributed by atoms with Gasteiger partial charge in [-0.15, -0.1) is 10.2 Å². The number of hydrogen-bond acceptors (Lipinski definition) is 5. The summed E-state index contributed by atoms with van der Waals surface area (Å²) in [4.78, 5) is 16.9. The molecule has 1 unspecified atom stereocenters. The van der Waals surface area contributed by atoms with E-state index in [4.69, 9.17) is 0 Å². The lowest BCUT2D eigenvalue weighted by atomic mass is 10.1. The van der Waals surface area contributed by atoms with Gasteiger partial charge in [0.1, 0.15) is 6.04 Å². The maximum absolute atomic E-state index is 12.7. The number of fused-ring (bicyclic) bond motifs is 1. The molecule has 7 heteroatoms. The zero-order valence-electron chi connectivity index (χ0n) is 13.4. The van der Waals surface area contributed by atoms with Crippen molar-refractivity contribution in [3.8, 4) is 11.4 Å². The molecule has 0 bridgehead atoms. The van der Waals surface area contributed by atoms with Gasteiger partial charge in [0.25, 0.3) is 0 Å². The molecule has 23 heavy (non-hydrogen) atoms. The minimum atomic E-state index is -0.0424. The zero-order valence-corrected chi connectivity index (χ0v) is 13.4. The van der Waals surface area contributed by atoms with E-state index >= 15 is 0 Å². The van der Waals surface area contributed by atoms with E-state index in [1.165, 1.54) is 5.56 Å². The number of anilines is 1. The topological polar surface area (TPSA) is 78.0 Å². The smallest absolute Gasteiger partial charge is 0.245 e.